The van der Waals surface area contributed by atoms with Crippen molar-refractivity contribution < 1.29 is 12.8 Å². The van der Waals surface area contributed by atoms with Crippen LogP contribution >= 0.6 is 0 Å². The fourth-order valence-electron chi connectivity index (χ4n) is 2.44. The number of hydrogen-bond acceptors (Lipinski definition) is 4. The lowest BCUT2D eigenvalue weighted by Gasteiger charge is -2.29. The molecule has 5 nitrogen and oxygen atoms in total. The van der Waals surface area contributed by atoms with Gasteiger partial charge in [0.15, 0.2) is 0 Å². The standard InChI is InChI=1S/C14H16N2O3S/c15-8-12-5-6-14(19-12)20(17,18)16-9-11-7-10-3-1-2-4-13(10)11/h1-6,11,16H,7-9,15H2. The summed E-state index contributed by atoms with van der Waals surface area (Å²) < 4.78 is 31.9. The van der Waals surface area contributed by atoms with Crippen molar-refractivity contribution in [2.75, 3.05) is 6.54 Å². The highest BCUT2D eigenvalue weighted by Gasteiger charge is 2.27. The van der Waals surface area contributed by atoms with Gasteiger partial charge in [0.1, 0.15) is 5.76 Å². The number of nitrogens with two attached hydrogens (primary N) is 1. The molecular weight excluding hydrogens is 276 g/mol. The quantitative estimate of drug-likeness (QED) is 0.871. The molecule has 0 bridgehead atoms. The van der Waals surface area contributed by atoms with Crippen molar-refractivity contribution in [1.29, 1.82) is 0 Å². The van der Waals surface area contributed by atoms with Crippen LogP contribution in [0.3, 0.4) is 0 Å². The molecule has 1 heterocycles. The highest BCUT2D eigenvalue weighted by Crippen LogP contribution is 2.34. The zero-order valence-corrected chi connectivity index (χ0v) is 11.7. The molecule has 3 N–H and O–H groups in total. The molecule has 1 atom stereocenters. The third kappa shape index (κ3) is 2.37. The first-order valence-corrected chi connectivity index (χ1v) is 7.95. The molecule has 0 saturated carbocycles. The van der Waals surface area contributed by atoms with Crippen LogP contribution in [0.15, 0.2) is 45.9 Å². The van der Waals surface area contributed by atoms with E-state index >= 15 is 0 Å². The lowest BCUT2D eigenvalue weighted by atomic mass is 9.78. The Hall–Kier alpha value is -1.63. The predicted molar refractivity (Wildman–Crippen MR) is 74.7 cm³/mol. The molecule has 3 rings (SSSR count). The summed E-state index contributed by atoms with van der Waals surface area (Å²) in [6.07, 6.45) is 0.908. The van der Waals surface area contributed by atoms with Crippen LogP contribution in [0.25, 0.3) is 0 Å². The number of rotatable bonds is 5. The summed E-state index contributed by atoms with van der Waals surface area (Å²) in [6, 6.07) is 11.1. The first-order valence-electron chi connectivity index (χ1n) is 6.46. The minimum absolute atomic E-state index is 0.0782. The van der Waals surface area contributed by atoms with E-state index in [0.29, 0.717) is 12.3 Å². The van der Waals surface area contributed by atoms with Crippen molar-refractivity contribution in [2.45, 2.75) is 24.0 Å². The third-order valence-electron chi connectivity index (χ3n) is 3.58. The Morgan fingerprint density at radius 2 is 2.05 bits per heavy atom. The van der Waals surface area contributed by atoms with E-state index in [4.69, 9.17) is 10.2 Å². The Kier molecular flexibility index (Phi) is 3.37. The van der Waals surface area contributed by atoms with E-state index in [1.54, 1.807) is 6.07 Å². The minimum Gasteiger partial charge on any atom is -0.447 e. The number of sulfonamides is 1. The number of furan rings is 1. The molecule has 1 aromatic heterocycles. The van der Waals surface area contributed by atoms with Crippen LogP contribution in [0.1, 0.15) is 22.8 Å². The molecule has 0 radical (unpaired) electrons. The van der Waals surface area contributed by atoms with Gasteiger partial charge in [-0.2, -0.15) is 0 Å². The van der Waals surface area contributed by atoms with Crippen LogP contribution in [0.5, 0.6) is 0 Å². The first kappa shape index (κ1) is 13.4. The average molecular weight is 292 g/mol. The average Bonchev–Trinajstić information content (AvgIpc) is 2.89. The van der Waals surface area contributed by atoms with Gasteiger partial charge in [0.25, 0.3) is 10.0 Å². The number of nitrogens with one attached hydrogen (secondary N) is 1. The van der Waals surface area contributed by atoms with Gasteiger partial charge in [-0.1, -0.05) is 24.3 Å². The highest BCUT2D eigenvalue weighted by molar-refractivity contribution is 7.89. The van der Waals surface area contributed by atoms with Crippen molar-refractivity contribution in [3.63, 3.8) is 0 Å². The maximum Gasteiger partial charge on any atom is 0.273 e. The molecule has 1 aliphatic rings. The van der Waals surface area contributed by atoms with Crippen molar-refractivity contribution in [1.82, 2.24) is 4.72 Å². The van der Waals surface area contributed by atoms with Gasteiger partial charge in [0, 0.05) is 12.5 Å². The van der Waals surface area contributed by atoms with E-state index in [1.165, 1.54) is 17.2 Å². The summed E-state index contributed by atoms with van der Waals surface area (Å²) in [5.41, 5.74) is 7.91. The Balaban J connectivity index is 1.67. The van der Waals surface area contributed by atoms with Crippen LogP contribution in [-0.4, -0.2) is 15.0 Å². The molecule has 0 aliphatic heterocycles. The topological polar surface area (TPSA) is 85.3 Å². The van der Waals surface area contributed by atoms with Crippen LogP contribution < -0.4 is 10.5 Å². The van der Waals surface area contributed by atoms with Gasteiger partial charge < -0.3 is 10.2 Å². The zero-order valence-electron chi connectivity index (χ0n) is 10.9. The van der Waals surface area contributed by atoms with E-state index in [-0.39, 0.29) is 17.6 Å². The normalized spacial score (nSPS) is 17.6. The Bertz CT molecular complexity index is 722. The van der Waals surface area contributed by atoms with Gasteiger partial charge in [0.05, 0.1) is 6.54 Å². The molecule has 0 saturated heterocycles. The van der Waals surface area contributed by atoms with Gasteiger partial charge >= 0.3 is 0 Å². The van der Waals surface area contributed by atoms with Crippen molar-refractivity contribution in [3.8, 4) is 0 Å². The van der Waals surface area contributed by atoms with Crippen molar-refractivity contribution >= 4 is 10.0 Å². The molecule has 2 aromatic rings. The SMILES string of the molecule is NCc1ccc(S(=O)(=O)NCC2Cc3ccccc32)o1. The summed E-state index contributed by atoms with van der Waals surface area (Å²) in [7, 11) is -3.60. The van der Waals surface area contributed by atoms with Crippen LogP contribution in [0.4, 0.5) is 0 Å². The van der Waals surface area contributed by atoms with E-state index in [0.717, 1.165) is 6.42 Å². The molecule has 0 amide bonds. The second-order valence-electron chi connectivity index (χ2n) is 4.88. The molecule has 1 aliphatic carbocycles. The number of hydrogen-bond donors (Lipinski definition) is 2. The molecule has 0 spiro atoms. The monoisotopic (exact) mass is 292 g/mol. The maximum atomic E-state index is 12.1. The first-order chi connectivity index (χ1) is 9.60. The van der Waals surface area contributed by atoms with E-state index in [9.17, 15) is 8.42 Å². The minimum atomic E-state index is -3.60. The molecule has 6 heteroatoms. The van der Waals surface area contributed by atoms with Crippen LogP contribution in [-0.2, 0) is 23.0 Å². The van der Waals surface area contributed by atoms with Crippen molar-refractivity contribution in [2.24, 2.45) is 5.73 Å². The Labute approximate surface area is 117 Å². The number of fused-ring (bicyclic) bond motifs is 1. The fraction of sp³-hybridized carbons (Fsp3) is 0.286. The zero-order chi connectivity index (χ0) is 14.2. The molecule has 106 valence electrons. The summed E-state index contributed by atoms with van der Waals surface area (Å²) in [5.74, 6) is 0.698. The summed E-state index contributed by atoms with van der Waals surface area (Å²) in [4.78, 5) is 0. The Morgan fingerprint density at radius 1 is 1.25 bits per heavy atom. The second-order valence-corrected chi connectivity index (χ2v) is 6.57. The van der Waals surface area contributed by atoms with Gasteiger partial charge in [-0.3, -0.25) is 0 Å². The van der Waals surface area contributed by atoms with Crippen molar-refractivity contribution in [3.05, 3.63) is 53.3 Å². The highest BCUT2D eigenvalue weighted by atomic mass is 32.2. The van der Waals surface area contributed by atoms with Gasteiger partial charge in [0.2, 0.25) is 5.09 Å². The fourth-order valence-corrected chi connectivity index (χ4v) is 3.47. The molecule has 1 aromatic carbocycles. The molecule has 20 heavy (non-hydrogen) atoms. The number of benzene rings is 1. The third-order valence-corrected chi connectivity index (χ3v) is 4.88. The lowest BCUT2D eigenvalue weighted by molar-refractivity contribution is 0.411. The summed E-state index contributed by atoms with van der Waals surface area (Å²) in [5, 5.41) is -0.0782. The lowest BCUT2D eigenvalue weighted by Crippen LogP contribution is -2.33. The van der Waals surface area contributed by atoms with Gasteiger partial charge in [-0.25, -0.2) is 13.1 Å². The maximum absolute atomic E-state index is 12.1. The van der Waals surface area contributed by atoms with Crippen LogP contribution in [0.2, 0.25) is 0 Å². The van der Waals surface area contributed by atoms with Crippen LogP contribution in [0, 0.1) is 0 Å². The van der Waals surface area contributed by atoms with Gasteiger partial charge in [-0.15, -0.1) is 0 Å². The van der Waals surface area contributed by atoms with Gasteiger partial charge in [-0.05, 0) is 29.7 Å². The molecular formula is C14H16N2O3S. The molecule has 0 fully saturated rings. The van der Waals surface area contributed by atoms with E-state index < -0.39 is 10.0 Å². The van der Waals surface area contributed by atoms with E-state index in [2.05, 4.69) is 10.8 Å². The summed E-state index contributed by atoms with van der Waals surface area (Å²) >= 11 is 0. The summed E-state index contributed by atoms with van der Waals surface area (Å²) in [6.45, 7) is 0.573. The predicted octanol–water partition coefficient (Wildman–Crippen LogP) is 1.36. The smallest absolute Gasteiger partial charge is 0.273 e. The van der Waals surface area contributed by atoms with E-state index in [1.807, 2.05) is 18.2 Å². The largest absolute Gasteiger partial charge is 0.447 e. The Morgan fingerprint density at radius 3 is 2.75 bits per heavy atom. The molecule has 1 unspecified atom stereocenters. The second kappa shape index (κ2) is 5.05.